The SMILES string of the molecule is Cc1c(CC(=O)NCCC(=O)O)c2cc(O)ccc2n1C(=O)c1ccc(OC(F)F)cc1. The smallest absolute Gasteiger partial charge is 0.387 e. The molecule has 0 atom stereocenters. The average Bonchev–Trinajstić information content (AvgIpc) is 2.98. The lowest BCUT2D eigenvalue weighted by Gasteiger charge is -2.09. The minimum atomic E-state index is -2.98. The normalized spacial score (nSPS) is 11.0. The van der Waals surface area contributed by atoms with E-state index in [9.17, 15) is 28.3 Å². The number of carboxylic acid groups (broad SMARTS) is 1. The number of nitrogens with one attached hydrogen (secondary N) is 1. The Hall–Kier alpha value is -3.95. The van der Waals surface area contributed by atoms with E-state index in [1.165, 1.54) is 47.0 Å². The van der Waals surface area contributed by atoms with Crippen molar-refractivity contribution in [1.29, 1.82) is 0 Å². The Kier molecular flexibility index (Phi) is 6.72. The standard InChI is InChI=1S/C22H20F2N2O6/c1-12-16(11-19(28)25-9-8-20(29)30)17-10-14(27)4-7-18(17)26(12)21(31)13-2-5-15(6-3-13)32-22(23)24/h2-7,10,22,27H,8-9,11H2,1H3,(H,25,28)(H,29,30). The van der Waals surface area contributed by atoms with E-state index in [4.69, 9.17) is 5.11 Å². The van der Waals surface area contributed by atoms with Gasteiger partial charge in [0.15, 0.2) is 0 Å². The van der Waals surface area contributed by atoms with Crippen LogP contribution < -0.4 is 10.1 Å². The van der Waals surface area contributed by atoms with Crippen LogP contribution in [0.3, 0.4) is 0 Å². The maximum Gasteiger partial charge on any atom is 0.387 e. The molecule has 32 heavy (non-hydrogen) atoms. The number of alkyl halides is 2. The Morgan fingerprint density at radius 1 is 1.12 bits per heavy atom. The van der Waals surface area contributed by atoms with Crippen LogP contribution in [0.2, 0.25) is 0 Å². The number of rotatable bonds is 8. The fourth-order valence-electron chi connectivity index (χ4n) is 3.40. The molecule has 1 heterocycles. The number of carbonyl (C=O) groups is 3. The summed E-state index contributed by atoms with van der Waals surface area (Å²) in [4.78, 5) is 36.1. The number of fused-ring (bicyclic) bond motifs is 1. The molecule has 3 rings (SSSR count). The molecular formula is C22H20F2N2O6. The largest absolute Gasteiger partial charge is 0.508 e. The summed E-state index contributed by atoms with van der Waals surface area (Å²) >= 11 is 0. The highest BCUT2D eigenvalue weighted by Gasteiger charge is 2.22. The van der Waals surface area contributed by atoms with Gasteiger partial charge in [-0.3, -0.25) is 19.0 Å². The Balaban J connectivity index is 1.95. The maximum atomic E-state index is 13.2. The summed E-state index contributed by atoms with van der Waals surface area (Å²) in [5, 5.41) is 21.6. The molecule has 0 aliphatic rings. The van der Waals surface area contributed by atoms with Gasteiger partial charge in [0, 0.05) is 23.2 Å². The first-order valence-electron chi connectivity index (χ1n) is 9.58. The summed E-state index contributed by atoms with van der Waals surface area (Å²) in [6.07, 6.45) is -0.357. The van der Waals surface area contributed by atoms with Crippen molar-refractivity contribution in [2.75, 3.05) is 6.54 Å². The van der Waals surface area contributed by atoms with Gasteiger partial charge in [-0.15, -0.1) is 0 Å². The summed E-state index contributed by atoms with van der Waals surface area (Å²) in [7, 11) is 0. The van der Waals surface area contributed by atoms with Crippen LogP contribution in [-0.4, -0.2) is 45.7 Å². The molecule has 0 unspecified atom stereocenters. The molecule has 1 aromatic heterocycles. The van der Waals surface area contributed by atoms with Crippen LogP contribution in [0.5, 0.6) is 11.5 Å². The van der Waals surface area contributed by atoms with Gasteiger partial charge >= 0.3 is 12.6 Å². The number of nitrogens with zero attached hydrogens (tertiary/aromatic N) is 1. The molecule has 0 saturated heterocycles. The predicted octanol–water partition coefficient (Wildman–Crippen LogP) is 3.08. The third-order valence-electron chi connectivity index (χ3n) is 4.85. The molecule has 0 fully saturated rings. The van der Waals surface area contributed by atoms with Gasteiger partial charge in [-0.1, -0.05) is 0 Å². The molecule has 1 amide bonds. The van der Waals surface area contributed by atoms with Crippen molar-refractivity contribution >= 4 is 28.7 Å². The lowest BCUT2D eigenvalue weighted by Crippen LogP contribution is -2.27. The third-order valence-corrected chi connectivity index (χ3v) is 4.85. The van der Waals surface area contributed by atoms with Crippen LogP contribution in [-0.2, 0) is 16.0 Å². The number of aliphatic carboxylic acids is 1. The lowest BCUT2D eigenvalue weighted by molar-refractivity contribution is -0.136. The van der Waals surface area contributed by atoms with Crippen molar-refractivity contribution < 1.29 is 38.1 Å². The van der Waals surface area contributed by atoms with Crippen LogP contribution >= 0.6 is 0 Å². The molecule has 168 valence electrons. The van der Waals surface area contributed by atoms with E-state index >= 15 is 0 Å². The molecule has 0 spiro atoms. The number of amides is 1. The molecule has 3 aromatic rings. The van der Waals surface area contributed by atoms with E-state index in [1.54, 1.807) is 6.92 Å². The highest BCUT2D eigenvalue weighted by Crippen LogP contribution is 2.30. The molecule has 0 bridgehead atoms. The fourth-order valence-corrected chi connectivity index (χ4v) is 3.40. The zero-order valence-corrected chi connectivity index (χ0v) is 17.0. The number of aromatic nitrogens is 1. The molecule has 2 aromatic carbocycles. The fraction of sp³-hybridized carbons (Fsp3) is 0.227. The minimum absolute atomic E-state index is 0.0386. The first kappa shape index (κ1) is 22.7. The van der Waals surface area contributed by atoms with E-state index in [0.29, 0.717) is 22.2 Å². The van der Waals surface area contributed by atoms with Crippen LogP contribution in [0.1, 0.15) is 28.0 Å². The number of hydrogen-bond donors (Lipinski definition) is 3. The number of carbonyl (C=O) groups excluding carboxylic acids is 2. The first-order valence-corrected chi connectivity index (χ1v) is 9.58. The molecule has 10 heteroatoms. The maximum absolute atomic E-state index is 13.2. The quantitative estimate of drug-likeness (QED) is 0.490. The summed E-state index contributed by atoms with van der Waals surface area (Å²) in [6, 6.07) is 9.59. The zero-order chi connectivity index (χ0) is 23.4. The summed E-state index contributed by atoms with van der Waals surface area (Å²) < 4.78 is 30.4. The molecule has 8 nitrogen and oxygen atoms in total. The number of ether oxygens (including phenoxy) is 1. The molecular weight excluding hydrogens is 426 g/mol. The van der Waals surface area contributed by atoms with E-state index in [1.807, 2.05) is 0 Å². The summed E-state index contributed by atoms with van der Waals surface area (Å²) in [5.74, 6) is -2.08. The number of halogens is 2. The van der Waals surface area contributed by atoms with Crippen LogP contribution in [0.4, 0.5) is 8.78 Å². The predicted molar refractivity (Wildman–Crippen MR) is 110 cm³/mol. The Labute approximate surface area is 181 Å². The van der Waals surface area contributed by atoms with Gasteiger partial charge in [-0.2, -0.15) is 8.78 Å². The number of aromatic hydroxyl groups is 1. The van der Waals surface area contributed by atoms with Gasteiger partial charge in [0.2, 0.25) is 5.91 Å². The van der Waals surface area contributed by atoms with Crippen LogP contribution in [0, 0.1) is 6.92 Å². The topological polar surface area (TPSA) is 118 Å². The van der Waals surface area contributed by atoms with E-state index in [2.05, 4.69) is 10.1 Å². The lowest BCUT2D eigenvalue weighted by atomic mass is 10.1. The number of carboxylic acids is 1. The zero-order valence-electron chi connectivity index (χ0n) is 17.0. The number of hydrogen-bond acceptors (Lipinski definition) is 5. The molecule has 0 aliphatic carbocycles. The number of benzene rings is 2. The number of phenolic OH excluding ortho intramolecular Hbond substituents is 1. The van der Waals surface area contributed by atoms with Crippen molar-refractivity contribution in [3.63, 3.8) is 0 Å². The van der Waals surface area contributed by atoms with Crippen molar-refractivity contribution in [2.24, 2.45) is 0 Å². The van der Waals surface area contributed by atoms with Gasteiger partial charge in [0.25, 0.3) is 5.91 Å². The monoisotopic (exact) mass is 446 g/mol. The van der Waals surface area contributed by atoms with E-state index < -0.39 is 24.4 Å². The number of phenols is 1. The summed E-state index contributed by atoms with van der Waals surface area (Å²) in [6.45, 7) is -1.38. The van der Waals surface area contributed by atoms with Crippen molar-refractivity contribution in [2.45, 2.75) is 26.4 Å². The highest BCUT2D eigenvalue weighted by atomic mass is 19.3. The third kappa shape index (κ3) is 5.02. The van der Waals surface area contributed by atoms with Crippen LogP contribution in [0.15, 0.2) is 42.5 Å². The average molecular weight is 446 g/mol. The van der Waals surface area contributed by atoms with Gasteiger partial charge in [0.05, 0.1) is 18.4 Å². The molecule has 0 saturated carbocycles. The second-order valence-electron chi connectivity index (χ2n) is 6.98. The highest BCUT2D eigenvalue weighted by molar-refractivity contribution is 6.05. The van der Waals surface area contributed by atoms with Crippen molar-refractivity contribution in [3.8, 4) is 11.5 Å². The first-order chi connectivity index (χ1) is 15.2. The van der Waals surface area contributed by atoms with E-state index in [0.717, 1.165) is 0 Å². The van der Waals surface area contributed by atoms with Gasteiger partial charge in [-0.05, 0) is 55.0 Å². The molecule has 3 N–H and O–H groups in total. The van der Waals surface area contributed by atoms with Gasteiger partial charge < -0.3 is 20.3 Å². The Morgan fingerprint density at radius 2 is 1.81 bits per heavy atom. The van der Waals surface area contributed by atoms with E-state index in [-0.39, 0.29) is 36.4 Å². The Morgan fingerprint density at radius 3 is 2.44 bits per heavy atom. The minimum Gasteiger partial charge on any atom is -0.508 e. The molecule has 0 radical (unpaired) electrons. The molecule has 0 aliphatic heterocycles. The summed E-state index contributed by atoms with van der Waals surface area (Å²) in [5.41, 5.74) is 1.61. The second kappa shape index (κ2) is 9.46. The van der Waals surface area contributed by atoms with Gasteiger partial charge in [0.1, 0.15) is 11.5 Å². The Bertz CT molecular complexity index is 1170. The van der Waals surface area contributed by atoms with Gasteiger partial charge in [-0.25, -0.2) is 0 Å². The van der Waals surface area contributed by atoms with Crippen molar-refractivity contribution in [1.82, 2.24) is 9.88 Å². The van der Waals surface area contributed by atoms with Crippen molar-refractivity contribution in [3.05, 3.63) is 59.3 Å². The van der Waals surface area contributed by atoms with Crippen LogP contribution in [0.25, 0.3) is 10.9 Å². The second-order valence-corrected chi connectivity index (χ2v) is 6.98.